The molecule has 1 atom stereocenters. The number of nitrogens with zero attached hydrogens (tertiary/aromatic N) is 2. The molecule has 5 N–H and O–H groups in total. The average Bonchev–Trinajstić information content (AvgIpc) is 3.39. The number of nitrogen functional groups attached to an aromatic ring is 1. The molecule has 0 saturated carbocycles. The van der Waals surface area contributed by atoms with E-state index in [1.807, 2.05) is 19.9 Å². The zero-order valence-electron chi connectivity index (χ0n) is 19.4. The monoisotopic (exact) mass is 485 g/mol. The molecule has 0 radical (unpaired) electrons. The summed E-state index contributed by atoms with van der Waals surface area (Å²) in [4.78, 5) is 40.4. The molecule has 180 valence electrons. The van der Waals surface area contributed by atoms with E-state index in [4.69, 9.17) is 20.6 Å². The SMILES string of the molecule is COCCNC(=O)C(c1ccc(C)o1)N(C(=O)c1snc(C(N)=O)c1N)c1cccc(C)c1C. The molecular weight excluding hydrogens is 458 g/mol. The van der Waals surface area contributed by atoms with E-state index >= 15 is 0 Å². The third-order valence-corrected chi connectivity index (χ3v) is 6.20. The lowest BCUT2D eigenvalue weighted by atomic mass is 10.0. The second-order valence-electron chi connectivity index (χ2n) is 7.67. The maximum atomic E-state index is 13.9. The van der Waals surface area contributed by atoms with Gasteiger partial charge in [-0.15, -0.1) is 0 Å². The Bertz CT molecular complexity index is 1220. The van der Waals surface area contributed by atoms with Gasteiger partial charge in [-0.3, -0.25) is 19.3 Å². The number of methoxy groups -OCH3 is 1. The summed E-state index contributed by atoms with van der Waals surface area (Å²) in [5.41, 5.74) is 13.3. The fourth-order valence-corrected chi connectivity index (χ4v) is 4.19. The van der Waals surface area contributed by atoms with Gasteiger partial charge in [0.15, 0.2) is 11.7 Å². The number of carbonyl (C=O) groups is 3. The Morgan fingerprint density at radius 1 is 1.21 bits per heavy atom. The van der Waals surface area contributed by atoms with Crippen LogP contribution in [0.4, 0.5) is 11.4 Å². The number of nitrogens with one attached hydrogen (secondary N) is 1. The number of ether oxygens (including phenoxy) is 1. The quantitative estimate of drug-likeness (QED) is 0.393. The Kier molecular flexibility index (Phi) is 7.69. The van der Waals surface area contributed by atoms with Crippen molar-refractivity contribution in [1.82, 2.24) is 9.69 Å². The first-order valence-electron chi connectivity index (χ1n) is 10.4. The lowest BCUT2D eigenvalue weighted by Crippen LogP contribution is -2.45. The molecule has 10 nitrogen and oxygen atoms in total. The predicted molar refractivity (Wildman–Crippen MR) is 129 cm³/mol. The van der Waals surface area contributed by atoms with E-state index in [1.54, 1.807) is 31.2 Å². The van der Waals surface area contributed by atoms with Crippen LogP contribution in [0.1, 0.15) is 48.8 Å². The van der Waals surface area contributed by atoms with Crippen LogP contribution >= 0.6 is 11.5 Å². The van der Waals surface area contributed by atoms with Gasteiger partial charge in [-0.1, -0.05) is 12.1 Å². The summed E-state index contributed by atoms with van der Waals surface area (Å²) in [6.45, 7) is 6.01. The normalized spacial score (nSPS) is 11.8. The topological polar surface area (TPSA) is 154 Å². The molecule has 2 aromatic heterocycles. The first-order chi connectivity index (χ1) is 16.2. The summed E-state index contributed by atoms with van der Waals surface area (Å²) in [6, 6.07) is 7.61. The molecular formula is C23H27N5O5S. The van der Waals surface area contributed by atoms with Crippen molar-refractivity contribution in [2.45, 2.75) is 26.8 Å². The van der Waals surface area contributed by atoms with E-state index in [0.29, 0.717) is 11.4 Å². The molecule has 0 aliphatic heterocycles. The molecule has 1 aromatic carbocycles. The smallest absolute Gasteiger partial charge is 0.273 e. The van der Waals surface area contributed by atoms with Gasteiger partial charge in [-0.2, -0.15) is 4.37 Å². The van der Waals surface area contributed by atoms with Crippen LogP contribution in [0.5, 0.6) is 0 Å². The third kappa shape index (κ3) is 4.95. The number of aryl methyl sites for hydroxylation is 2. The minimum Gasteiger partial charge on any atom is -0.464 e. The van der Waals surface area contributed by atoms with E-state index in [2.05, 4.69) is 9.69 Å². The molecule has 3 aromatic rings. The Labute approximate surface area is 201 Å². The molecule has 0 aliphatic carbocycles. The van der Waals surface area contributed by atoms with Crippen LogP contribution in [-0.2, 0) is 9.53 Å². The number of carbonyl (C=O) groups excluding carboxylic acids is 3. The van der Waals surface area contributed by atoms with Crippen LogP contribution in [0.15, 0.2) is 34.7 Å². The van der Waals surface area contributed by atoms with Crippen LogP contribution in [0.2, 0.25) is 0 Å². The Balaban J connectivity index is 2.21. The van der Waals surface area contributed by atoms with E-state index in [9.17, 15) is 14.4 Å². The van der Waals surface area contributed by atoms with Crippen LogP contribution in [0.25, 0.3) is 0 Å². The zero-order valence-corrected chi connectivity index (χ0v) is 20.2. The number of primary amides is 1. The summed E-state index contributed by atoms with van der Waals surface area (Å²) in [7, 11) is 1.52. The Morgan fingerprint density at radius 3 is 2.53 bits per heavy atom. The Hall–Kier alpha value is -3.70. The van der Waals surface area contributed by atoms with Crippen LogP contribution in [-0.4, -0.2) is 42.4 Å². The average molecular weight is 486 g/mol. The van der Waals surface area contributed by atoms with Crippen molar-refractivity contribution in [3.05, 3.63) is 63.6 Å². The lowest BCUT2D eigenvalue weighted by Gasteiger charge is -2.31. The molecule has 0 spiro atoms. The molecule has 3 amide bonds. The molecule has 0 bridgehead atoms. The van der Waals surface area contributed by atoms with Gasteiger partial charge < -0.3 is 25.9 Å². The minimum absolute atomic E-state index is 0.00678. The van der Waals surface area contributed by atoms with Gasteiger partial charge in [0, 0.05) is 19.3 Å². The first kappa shape index (κ1) is 24.9. The third-order valence-electron chi connectivity index (χ3n) is 5.35. The number of aromatic nitrogens is 1. The summed E-state index contributed by atoms with van der Waals surface area (Å²) < 4.78 is 14.8. The number of nitrogens with two attached hydrogens (primary N) is 2. The summed E-state index contributed by atoms with van der Waals surface area (Å²) >= 11 is 0.747. The fourth-order valence-electron chi connectivity index (χ4n) is 3.45. The van der Waals surface area contributed by atoms with Gasteiger partial charge >= 0.3 is 0 Å². The molecule has 0 saturated heterocycles. The second-order valence-corrected chi connectivity index (χ2v) is 8.44. The van der Waals surface area contributed by atoms with Gasteiger partial charge in [0.1, 0.15) is 16.4 Å². The highest BCUT2D eigenvalue weighted by Crippen LogP contribution is 2.36. The lowest BCUT2D eigenvalue weighted by molar-refractivity contribution is -0.123. The number of hydrogen-bond acceptors (Lipinski definition) is 8. The highest BCUT2D eigenvalue weighted by atomic mass is 32.1. The highest BCUT2D eigenvalue weighted by Gasteiger charge is 2.38. The molecule has 1 unspecified atom stereocenters. The van der Waals surface area contributed by atoms with Crippen LogP contribution in [0.3, 0.4) is 0 Å². The van der Waals surface area contributed by atoms with Crippen molar-refractivity contribution in [2.75, 3.05) is 30.9 Å². The number of anilines is 2. The van der Waals surface area contributed by atoms with Gasteiger partial charge in [0.2, 0.25) is 0 Å². The summed E-state index contributed by atoms with van der Waals surface area (Å²) in [5, 5.41) is 2.78. The number of rotatable bonds is 9. The summed E-state index contributed by atoms with van der Waals surface area (Å²) in [6.07, 6.45) is 0. The highest BCUT2D eigenvalue weighted by molar-refractivity contribution is 7.09. The van der Waals surface area contributed by atoms with Gasteiger partial charge in [-0.25, -0.2) is 0 Å². The molecule has 34 heavy (non-hydrogen) atoms. The number of benzene rings is 1. The molecule has 2 heterocycles. The number of amides is 3. The van der Waals surface area contributed by atoms with Gasteiger partial charge in [0.25, 0.3) is 17.7 Å². The van der Waals surface area contributed by atoms with Crippen molar-refractivity contribution in [3.63, 3.8) is 0 Å². The molecule has 3 rings (SSSR count). The van der Waals surface area contributed by atoms with Crippen LogP contribution < -0.4 is 21.7 Å². The number of furan rings is 1. The van der Waals surface area contributed by atoms with Gasteiger partial charge in [0.05, 0.1) is 12.3 Å². The largest absolute Gasteiger partial charge is 0.464 e. The minimum atomic E-state index is -1.17. The molecule has 0 aliphatic rings. The standard InChI is InChI=1S/C23H27N5O5S/c1-12-6-5-7-15(14(12)3)28(23(31)20-17(24)18(21(25)29)27-34-20)19(16-9-8-13(2)33-16)22(30)26-10-11-32-4/h5-9,19H,10-11,24H2,1-4H3,(H2,25,29)(H,26,30). The number of hydrogen-bond donors (Lipinski definition) is 3. The van der Waals surface area contributed by atoms with E-state index in [-0.39, 0.29) is 35.2 Å². The van der Waals surface area contributed by atoms with Crippen molar-refractivity contribution < 1.29 is 23.5 Å². The maximum Gasteiger partial charge on any atom is 0.273 e. The maximum absolute atomic E-state index is 13.9. The van der Waals surface area contributed by atoms with E-state index in [1.165, 1.54) is 12.0 Å². The van der Waals surface area contributed by atoms with Crippen LogP contribution in [0, 0.1) is 20.8 Å². The van der Waals surface area contributed by atoms with E-state index < -0.39 is 23.8 Å². The van der Waals surface area contributed by atoms with Gasteiger partial charge in [-0.05, 0) is 61.6 Å². The second kappa shape index (κ2) is 10.5. The van der Waals surface area contributed by atoms with Crippen molar-refractivity contribution >= 4 is 40.6 Å². The first-order valence-corrected chi connectivity index (χ1v) is 11.2. The van der Waals surface area contributed by atoms with Crippen molar-refractivity contribution in [2.24, 2.45) is 5.73 Å². The van der Waals surface area contributed by atoms with E-state index in [0.717, 1.165) is 22.7 Å². The van der Waals surface area contributed by atoms with Crippen molar-refractivity contribution in [1.29, 1.82) is 0 Å². The Morgan fingerprint density at radius 2 is 1.94 bits per heavy atom. The molecule has 0 fully saturated rings. The zero-order chi connectivity index (χ0) is 25.0. The summed E-state index contributed by atoms with van der Waals surface area (Å²) in [5.74, 6) is -1.09. The fraction of sp³-hybridized carbons (Fsp3) is 0.304. The predicted octanol–water partition coefficient (Wildman–Crippen LogP) is 2.49. The molecule has 11 heteroatoms. The van der Waals surface area contributed by atoms with Crippen molar-refractivity contribution in [3.8, 4) is 0 Å².